The van der Waals surface area contributed by atoms with Crippen molar-refractivity contribution in [3.05, 3.63) is 83.4 Å². The van der Waals surface area contributed by atoms with Crippen LogP contribution in [0.25, 0.3) is 5.76 Å². The fourth-order valence-electron chi connectivity index (χ4n) is 4.72. The molecule has 7 heteroatoms. The summed E-state index contributed by atoms with van der Waals surface area (Å²) in [5, 5.41) is 11.3. The normalized spacial score (nSPS) is 20.3. The average Bonchev–Trinajstić information content (AvgIpc) is 3.15. The third-order valence-electron chi connectivity index (χ3n) is 6.89. The van der Waals surface area contributed by atoms with Crippen molar-refractivity contribution in [1.29, 1.82) is 0 Å². The molecule has 37 heavy (non-hydrogen) atoms. The summed E-state index contributed by atoms with van der Waals surface area (Å²) < 4.78 is 11.0. The number of rotatable bonds is 8. The van der Waals surface area contributed by atoms with Gasteiger partial charge in [0.2, 0.25) is 0 Å². The predicted molar refractivity (Wildman–Crippen MR) is 144 cm³/mol. The molecule has 1 unspecified atom stereocenters. The number of carbonyl (C=O) groups is 2. The quantitative estimate of drug-likeness (QED) is 0.250. The van der Waals surface area contributed by atoms with Crippen molar-refractivity contribution in [2.24, 2.45) is 0 Å². The number of aliphatic hydroxyl groups excluding tert-OH is 1. The molecule has 2 heterocycles. The molecule has 0 saturated carbocycles. The van der Waals surface area contributed by atoms with Gasteiger partial charge in [-0.2, -0.15) is 0 Å². The largest absolute Gasteiger partial charge is 0.507 e. The fourth-order valence-corrected chi connectivity index (χ4v) is 4.72. The van der Waals surface area contributed by atoms with Crippen molar-refractivity contribution in [2.45, 2.75) is 32.2 Å². The van der Waals surface area contributed by atoms with Gasteiger partial charge in [-0.15, -0.1) is 0 Å². The minimum Gasteiger partial charge on any atom is -0.507 e. The fraction of sp³-hybridized carbons (Fsp3) is 0.400. The molecule has 4 rings (SSSR count). The van der Waals surface area contributed by atoms with Crippen LogP contribution in [-0.4, -0.2) is 72.6 Å². The number of Topliss-reactive ketones (excluding diaryl/α,β-unsaturated/α-hetero) is 1. The average molecular weight is 505 g/mol. The van der Waals surface area contributed by atoms with E-state index in [0.717, 1.165) is 24.2 Å². The maximum atomic E-state index is 13.3. The number of hydrogen-bond acceptors (Lipinski definition) is 6. The second-order valence-corrected chi connectivity index (χ2v) is 10.4. The van der Waals surface area contributed by atoms with Crippen LogP contribution in [0.4, 0.5) is 0 Å². The van der Waals surface area contributed by atoms with Gasteiger partial charge in [0.1, 0.15) is 18.1 Å². The first-order valence-electron chi connectivity index (χ1n) is 12.7. The molecule has 1 amide bonds. The second kappa shape index (κ2) is 11.3. The number of likely N-dealkylation sites (tertiary alicyclic amines) is 1. The zero-order chi connectivity index (χ0) is 26.6. The van der Waals surface area contributed by atoms with E-state index in [1.807, 2.05) is 24.3 Å². The van der Waals surface area contributed by atoms with E-state index in [0.29, 0.717) is 44.2 Å². The SMILES string of the molecule is C=CCOc1ccc(/C(O)=C2\C(=O)C(=O)N(CCN3CCOCC3)C2c2ccc(C(C)(C)C)cc2)cc1. The number of ether oxygens (including phenoxy) is 2. The molecule has 7 nitrogen and oxygen atoms in total. The van der Waals surface area contributed by atoms with E-state index in [1.165, 1.54) is 0 Å². The highest BCUT2D eigenvalue weighted by molar-refractivity contribution is 6.46. The van der Waals surface area contributed by atoms with Crippen molar-refractivity contribution in [3.63, 3.8) is 0 Å². The first-order valence-corrected chi connectivity index (χ1v) is 12.7. The molecule has 0 radical (unpaired) electrons. The van der Waals surface area contributed by atoms with E-state index in [2.05, 4.69) is 32.3 Å². The third-order valence-corrected chi connectivity index (χ3v) is 6.89. The molecule has 0 aromatic heterocycles. The number of amides is 1. The molecule has 196 valence electrons. The van der Waals surface area contributed by atoms with E-state index in [9.17, 15) is 14.7 Å². The highest BCUT2D eigenvalue weighted by Gasteiger charge is 2.46. The van der Waals surface area contributed by atoms with Gasteiger partial charge >= 0.3 is 0 Å². The van der Waals surface area contributed by atoms with Crippen molar-refractivity contribution >= 4 is 17.4 Å². The lowest BCUT2D eigenvalue weighted by Gasteiger charge is -2.31. The summed E-state index contributed by atoms with van der Waals surface area (Å²) in [5.41, 5.74) is 2.47. The number of morpholine rings is 1. The molecule has 1 N–H and O–H groups in total. The molecule has 0 spiro atoms. The van der Waals surface area contributed by atoms with Crippen LogP contribution < -0.4 is 4.74 Å². The van der Waals surface area contributed by atoms with Gasteiger partial charge in [0.25, 0.3) is 11.7 Å². The molecule has 2 aromatic carbocycles. The first-order chi connectivity index (χ1) is 17.7. The zero-order valence-corrected chi connectivity index (χ0v) is 21.9. The van der Waals surface area contributed by atoms with Gasteiger partial charge in [0, 0.05) is 31.7 Å². The minimum atomic E-state index is -0.674. The van der Waals surface area contributed by atoms with E-state index in [1.54, 1.807) is 35.2 Å². The molecule has 2 aliphatic heterocycles. The van der Waals surface area contributed by atoms with Crippen molar-refractivity contribution < 1.29 is 24.2 Å². The van der Waals surface area contributed by atoms with Crippen LogP contribution in [-0.2, 0) is 19.7 Å². The molecule has 1 atom stereocenters. The topological polar surface area (TPSA) is 79.3 Å². The van der Waals surface area contributed by atoms with Crippen molar-refractivity contribution in [2.75, 3.05) is 46.0 Å². The van der Waals surface area contributed by atoms with Gasteiger partial charge in [-0.05, 0) is 40.8 Å². The van der Waals surface area contributed by atoms with Gasteiger partial charge in [0.15, 0.2) is 0 Å². The van der Waals surface area contributed by atoms with Gasteiger partial charge in [0.05, 0.1) is 24.8 Å². The highest BCUT2D eigenvalue weighted by Crippen LogP contribution is 2.40. The molecular formula is C30H36N2O5. The van der Waals surface area contributed by atoms with E-state index in [-0.39, 0.29) is 16.7 Å². The van der Waals surface area contributed by atoms with Crippen LogP contribution in [0.5, 0.6) is 5.75 Å². The van der Waals surface area contributed by atoms with Gasteiger partial charge in [-0.3, -0.25) is 14.5 Å². The van der Waals surface area contributed by atoms with Crippen molar-refractivity contribution in [1.82, 2.24) is 9.80 Å². The lowest BCUT2D eigenvalue weighted by Crippen LogP contribution is -2.42. The van der Waals surface area contributed by atoms with Crippen LogP contribution in [0.2, 0.25) is 0 Å². The highest BCUT2D eigenvalue weighted by atomic mass is 16.5. The van der Waals surface area contributed by atoms with Gasteiger partial charge in [-0.25, -0.2) is 0 Å². The molecule has 2 aromatic rings. The first kappa shape index (κ1) is 26.6. The van der Waals surface area contributed by atoms with Gasteiger partial charge in [-0.1, -0.05) is 57.7 Å². The van der Waals surface area contributed by atoms with Crippen LogP contribution in [0, 0.1) is 0 Å². The Hall–Kier alpha value is -3.42. The summed E-state index contributed by atoms with van der Waals surface area (Å²) >= 11 is 0. The lowest BCUT2D eigenvalue weighted by molar-refractivity contribution is -0.140. The van der Waals surface area contributed by atoms with E-state index in [4.69, 9.17) is 9.47 Å². The van der Waals surface area contributed by atoms with Gasteiger partial charge < -0.3 is 19.5 Å². The Kier molecular flexibility index (Phi) is 8.15. The maximum absolute atomic E-state index is 13.3. The summed E-state index contributed by atoms with van der Waals surface area (Å²) in [6, 6.07) is 14.1. The van der Waals surface area contributed by atoms with E-state index < -0.39 is 17.7 Å². The molecule has 2 aliphatic rings. The molecule has 2 saturated heterocycles. The summed E-state index contributed by atoms with van der Waals surface area (Å²) in [6.45, 7) is 14.3. The molecule has 2 fully saturated rings. The smallest absolute Gasteiger partial charge is 0.295 e. The standard InChI is InChI=1S/C30H36N2O5/c1-5-18-37-24-12-8-22(9-13-24)27(33)25-26(21-6-10-23(11-7-21)30(2,3)4)32(29(35)28(25)34)15-14-31-16-19-36-20-17-31/h5-13,26,33H,1,14-20H2,2-4H3/b27-25+. The Morgan fingerprint density at radius 1 is 1.05 bits per heavy atom. The Bertz CT molecular complexity index is 1160. The Morgan fingerprint density at radius 3 is 2.30 bits per heavy atom. The molecule has 0 aliphatic carbocycles. The van der Waals surface area contributed by atoms with Crippen LogP contribution >= 0.6 is 0 Å². The summed E-state index contributed by atoms with van der Waals surface area (Å²) in [5.74, 6) is -0.828. The number of carbonyl (C=O) groups excluding carboxylic acids is 2. The van der Waals surface area contributed by atoms with E-state index >= 15 is 0 Å². The number of ketones is 1. The van der Waals surface area contributed by atoms with Crippen LogP contribution in [0.1, 0.15) is 43.5 Å². The number of aliphatic hydroxyl groups is 1. The minimum absolute atomic E-state index is 0.0356. The van der Waals surface area contributed by atoms with Crippen molar-refractivity contribution in [3.8, 4) is 5.75 Å². The number of hydrogen-bond donors (Lipinski definition) is 1. The molecule has 0 bridgehead atoms. The zero-order valence-electron chi connectivity index (χ0n) is 21.9. The number of nitrogens with zero attached hydrogens (tertiary/aromatic N) is 2. The van der Waals surface area contributed by atoms with Crippen LogP contribution in [0.15, 0.2) is 66.8 Å². The Balaban J connectivity index is 1.71. The summed E-state index contributed by atoms with van der Waals surface area (Å²) in [6.07, 6.45) is 1.65. The second-order valence-electron chi connectivity index (χ2n) is 10.4. The lowest BCUT2D eigenvalue weighted by atomic mass is 9.85. The van der Waals surface area contributed by atoms with Crippen LogP contribution in [0.3, 0.4) is 0 Å². The summed E-state index contributed by atoms with van der Waals surface area (Å²) in [4.78, 5) is 30.4. The predicted octanol–water partition coefficient (Wildman–Crippen LogP) is 4.30. The number of benzene rings is 2. The third kappa shape index (κ3) is 5.95. The Morgan fingerprint density at radius 2 is 1.70 bits per heavy atom. The maximum Gasteiger partial charge on any atom is 0.295 e. The summed E-state index contributed by atoms with van der Waals surface area (Å²) in [7, 11) is 0. The molecular weight excluding hydrogens is 468 g/mol. The Labute approximate surface area is 219 Å². The monoisotopic (exact) mass is 504 g/mol.